The predicted octanol–water partition coefficient (Wildman–Crippen LogP) is 0.944. The molecule has 0 radical (unpaired) electrons. The number of nitrogens with one attached hydrogen (secondary N) is 1. The lowest BCUT2D eigenvalue weighted by Gasteiger charge is -2.39. The van der Waals surface area contributed by atoms with Crippen molar-refractivity contribution in [3.05, 3.63) is 0 Å². The summed E-state index contributed by atoms with van der Waals surface area (Å²) in [4.78, 5) is 7.57. The summed E-state index contributed by atoms with van der Waals surface area (Å²) in [5, 5.41) is 3.52. The second kappa shape index (κ2) is 9.70. The van der Waals surface area contributed by atoms with Crippen LogP contribution in [0.15, 0.2) is 0 Å². The monoisotopic (exact) mass is 270 g/mol. The Hall–Kier alpha value is -0.160. The van der Waals surface area contributed by atoms with E-state index in [2.05, 4.69) is 48.0 Å². The van der Waals surface area contributed by atoms with Crippen molar-refractivity contribution in [1.82, 2.24) is 20.0 Å². The van der Waals surface area contributed by atoms with Crippen LogP contribution in [0, 0.1) is 0 Å². The van der Waals surface area contributed by atoms with Gasteiger partial charge in [-0.2, -0.15) is 0 Å². The maximum atomic E-state index is 3.52. The molecule has 1 unspecified atom stereocenters. The molecular formula is C15H34N4. The van der Waals surface area contributed by atoms with Gasteiger partial charge in [0.05, 0.1) is 0 Å². The number of likely N-dealkylation sites (N-methyl/N-ethyl adjacent to an activating group) is 2. The van der Waals surface area contributed by atoms with Crippen LogP contribution in [-0.4, -0.2) is 87.2 Å². The molecule has 4 heteroatoms. The topological polar surface area (TPSA) is 21.8 Å². The standard InChI is InChI=1S/C15H34N4/c1-5-7-15(14-16-6-2)19-12-10-18(11-13-19)9-8-17(3)4/h15-16H,5-14H2,1-4H3. The summed E-state index contributed by atoms with van der Waals surface area (Å²) in [5.74, 6) is 0. The zero-order valence-corrected chi connectivity index (χ0v) is 13.5. The summed E-state index contributed by atoms with van der Waals surface area (Å²) < 4.78 is 0. The van der Waals surface area contributed by atoms with E-state index in [0.29, 0.717) is 0 Å². The molecule has 0 aromatic heterocycles. The molecule has 0 aromatic rings. The molecule has 0 spiro atoms. The molecule has 0 aliphatic carbocycles. The molecule has 4 nitrogen and oxygen atoms in total. The molecule has 114 valence electrons. The summed E-state index contributed by atoms with van der Waals surface area (Å²) in [6.07, 6.45) is 2.61. The van der Waals surface area contributed by atoms with E-state index in [1.54, 1.807) is 0 Å². The molecule has 1 fully saturated rings. The van der Waals surface area contributed by atoms with Crippen molar-refractivity contribution >= 4 is 0 Å². The zero-order chi connectivity index (χ0) is 14.1. The Labute approximate surface area is 120 Å². The molecule has 1 heterocycles. The van der Waals surface area contributed by atoms with Gasteiger partial charge in [-0.25, -0.2) is 0 Å². The summed E-state index contributed by atoms with van der Waals surface area (Å²) in [6, 6.07) is 0.737. The van der Waals surface area contributed by atoms with Gasteiger partial charge in [-0.1, -0.05) is 20.3 Å². The molecule has 1 aliphatic rings. The van der Waals surface area contributed by atoms with Crippen molar-refractivity contribution in [2.75, 3.05) is 66.5 Å². The SMILES string of the molecule is CCCC(CNCC)N1CCN(CCN(C)C)CC1. The summed E-state index contributed by atoms with van der Waals surface area (Å²) in [6.45, 7) is 14.1. The molecule has 1 aliphatic heterocycles. The van der Waals surface area contributed by atoms with E-state index < -0.39 is 0 Å². The van der Waals surface area contributed by atoms with Crippen LogP contribution >= 0.6 is 0 Å². The molecule has 1 rings (SSSR count). The predicted molar refractivity (Wildman–Crippen MR) is 83.8 cm³/mol. The number of hydrogen-bond acceptors (Lipinski definition) is 4. The van der Waals surface area contributed by atoms with E-state index >= 15 is 0 Å². The van der Waals surface area contributed by atoms with Crippen molar-refractivity contribution in [3.8, 4) is 0 Å². The Morgan fingerprint density at radius 2 is 1.79 bits per heavy atom. The highest BCUT2D eigenvalue weighted by molar-refractivity contribution is 4.80. The highest BCUT2D eigenvalue weighted by Crippen LogP contribution is 2.10. The smallest absolute Gasteiger partial charge is 0.0221 e. The first-order chi connectivity index (χ1) is 9.17. The average molecular weight is 270 g/mol. The molecule has 1 atom stereocenters. The minimum Gasteiger partial charge on any atom is -0.315 e. The van der Waals surface area contributed by atoms with Crippen molar-refractivity contribution in [3.63, 3.8) is 0 Å². The maximum Gasteiger partial charge on any atom is 0.0221 e. The quantitative estimate of drug-likeness (QED) is 0.673. The van der Waals surface area contributed by atoms with Gasteiger partial charge in [-0.05, 0) is 27.1 Å². The molecule has 0 amide bonds. The minimum atomic E-state index is 0.737. The maximum absolute atomic E-state index is 3.52. The lowest BCUT2D eigenvalue weighted by Crippen LogP contribution is -2.53. The Morgan fingerprint density at radius 1 is 1.11 bits per heavy atom. The third-order valence-electron chi connectivity index (χ3n) is 4.04. The Bertz CT molecular complexity index is 212. The van der Waals surface area contributed by atoms with Crippen molar-refractivity contribution < 1.29 is 0 Å². The van der Waals surface area contributed by atoms with Gasteiger partial charge in [0.15, 0.2) is 0 Å². The summed E-state index contributed by atoms with van der Waals surface area (Å²) in [5.41, 5.74) is 0. The first-order valence-corrected chi connectivity index (χ1v) is 7.99. The normalized spacial score (nSPS) is 20.1. The average Bonchev–Trinajstić information content (AvgIpc) is 2.42. The molecule has 0 bridgehead atoms. The van der Waals surface area contributed by atoms with E-state index in [4.69, 9.17) is 0 Å². The Kier molecular flexibility index (Phi) is 8.62. The van der Waals surface area contributed by atoms with Crippen LogP contribution in [0.1, 0.15) is 26.7 Å². The van der Waals surface area contributed by atoms with Crippen LogP contribution in [0.2, 0.25) is 0 Å². The van der Waals surface area contributed by atoms with E-state index in [0.717, 1.165) is 19.1 Å². The second-order valence-electron chi connectivity index (χ2n) is 5.93. The van der Waals surface area contributed by atoms with Gasteiger partial charge in [0.1, 0.15) is 0 Å². The second-order valence-corrected chi connectivity index (χ2v) is 5.93. The van der Waals surface area contributed by atoms with Crippen molar-refractivity contribution in [2.45, 2.75) is 32.7 Å². The summed E-state index contributed by atoms with van der Waals surface area (Å²) >= 11 is 0. The van der Waals surface area contributed by atoms with E-state index in [-0.39, 0.29) is 0 Å². The first-order valence-electron chi connectivity index (χ1n) is 7.99. The molecule has 0 saturated carbocycles. The van der Waals surface area contributed by atoms with Crippen LogP contribution in [0.5, 0.6) is 0 Å². The highest BCUT2D eigenvalue weighted by Gasteiger charge is 2.22. The Morgan fingerprint density at radius 3 is 2.32 bits per heavy atom. The fraction of sp³-hybridized carbons (Fsp3) is 1.00. The fourth-order valence-corrected chi connectivity index (χ4v) is 2.75. The van der Waals surface area contributed by atoms with Crippen molar-refractivity contribution in [1.29, 1.82) is 0 Å². The highest BCUT2D eigenvalue weighted by atomic mass is 15.3. The molecule has 1 saturated heterocycles. The van der Waals surface area contributed by atoms with Crippen LogP contribution in [-0.2, 0) is 0 Å². The minimum absolute atomic E-state index is 0.737. The van der Waals surface area contributed by atoms with E-state index in [1.807, 2.05) is 0 Å². The van der Waals surface area contributed by atoms with E-state index in [9.17, 15) is 0 Å². The zero-order valence-electron chi connectivity index (χ0n) is 13.5. The number of nitrogens with zero attached hydrogens (tertiary/aromatic N) is 3. The third-order valence-corrected chi connectivity index (χ3v) is 4.04. The fourth-order valence-electron chi connectivity index (χ4n) is 2.75. The molecule has 19 heavy (non-hydrogen) atoms. The van der Waals surface area contributed by atoms with Crippen molar-refractivity contribution in [2.24, 2.45) is 0 Å². The van der Waals surface area contributed by atoms with Crippen LogP contribution < -0.4 is 5.32 Å². The third kappa shape index (κ3) is 6.70. The number of hydrogen-bond donors (Lipinski definition) is 1. The molecule has 1 N–H and O–H groups in total. The number of piperazine rings is 1. The van der Waals surface area contributed by atoms with Crippen LogP contribution in [0.3, 0.4) is 0 Å². The van der Waals surface area contributed by atoms with Gasteiger partial charge in [0.25, 0.3) is 0 Å². The lowest BCUT2D eigenvalue weighted by atomic mass is 10.1. The van der Waals surface area contributed by atoms with Crippen LogP contribution in [0.4, 0.5) is 0 Å². The lowest BCUT2D eigenvalue weighted by molar-refractivity contribution is 0.0873. The van der Waals surface area contributed by atoms with E-state index in [1.165, 1.54) is 52.1 Å². The largest absolute Gasteiger partial charge is 0.315 e. The van der Waals surface area contributed by atoms with Crippen LogP contribution in [0.25, 0.3) is 0 Å². The van der Waals surface area contributed by atoms with Gasteiger partial charge in [0, 0.05) is 51.9 Å². The first kappa shape index (κ1) is 16.9. The van der Waals surface area contributed by atoms with Gasteiger partial charge < -0.3 is 10.2 Å². The van der Waals surface area contributed by atoms with Gasteiger partial charge >= 0.3 is 0 Å². The van der Waals surface area contributed by atoms with Gasteiger partial charge in [-0.3, -0.25) is 9.80 Å². The summed E-state index contributed by atoms with van der Waals surface area (Å²) in [7, 11) is 4.31. The van der Waals surface area contributed by atoms with Gasteiger partial charge in [-0.15, -0.1) is 0 Å². The Balaban J connectivity index is 2.29. The molecule has 0 aromatic carbocycles. The van der Waals surface area contributed by atoms with Gasteiger partial charge in [0.2, 0.25) is 0 Å². The number of rotatable bonds is 9. The molecular weight excluding hydrogens is 236 g/mol.